The van der Waals surface area contributed by atoms with E-state index in [0.717, 1.165) is 12.1 Å². The van der Waals surface area contributed by atoms with Gasteiger partial charge in [0.05, 0.1) is 11.4 Å². The molecule has 0 spiro atoms. The normalized spacial score (nSPS) is 14.9. The molecule has 1 N–H and O–H groups in total. The van der Waals surface area contributed by atoms with Gasteiger partial charge in [-0.3, -0.25) is 9.52 Å². The lowest BCUT2D eigenvalue weighted by molar-refractivity contribution is -0.117. The highest BCUT2D eigenvalue weighted by Crippen LogP contribution is 2.31. The molecular weight excluding hydrogens is 355 g/mol. The van der Waals surface area contributed by atoms with Gasteiger partial charge in [0.15, 0.2) is 0 Å². The van der Waals surface area contributed by atoms with Crippen LogP contribution in [0.3, 0.4) is 0 Å². The van der Waals surface area contributed by atoms with E-state index in [2.05, 4.69) is 4.72 Å². The predicted molar refractivity (Wildman–Crippen MR) is 90.2 cm³/mol. The number of hydrogen-bond donors (Lipinski definition) is 1. The van der Waals surface area contributed by atoms with Crippen molar-refractivity contribution in [2.45, 2.75) is 17.7 Å². The molecule has 5 nitrogen and oxygen atoms in total. The number of carbonyl (C=O) groups is 1. The molecule has 1 heterocycles. The Morgan fingerprint density at radius 3 is 2.58 bits per heavy atom. The summed E-state index contributed by atoms with van der Waals surface area (Å²) in [5.41, 5.74) is 0.681. The molecule has 2 aromatic rings. The summed E-state index contributed by atoms with van der Waals surface area (Å²) in [7, 11) is -4.15. The second-order valence-electron chi connectivity index (χ2n) is 5.35. The van der Waals surface area contributed by atoms with Gasteiger partial charge < -0.3 is 4.90 Å². The van der Waals surface area contributed by atoms with E-state index in [4.69, 9.17) is 11.6 Å². The van der Waals surface area contributed by atoms with Crippen molar-refractivity contribution in [2.24, 2.45) is 0 Å². The number of rotatable bonds is 4. The van der Waals surface area contributed by atoms with Gasteiger partial charge in [-0.15, -0.1) is 0 Å². The zero-order chi connectivity index (χ0) is 17.3. The number of para-hydroxylation sites is 2. The van der Waals surface area contributed by atoms with Crippen LogP contribution in [0.25, 0.3) is 0 Å². The van der Waals surface area contributed by atoms with E-state index in [0.29, 0.717) is 25.1 Å². The van der Waals surface area contributed by atoms with Crippen LogP contribution in [-0.4, -0.2) is 20.9 Å². The zero-order valence-electron chi connectivity index (χ0n) is 12.5. The molecule has 1 aliphatic heterocycles. The summed E-state index contributed by atoms with van der Waals surface area (Å²) in [6.07, 6.45) is 1.14. The number of sulfonamides is 1. The lowest BCUT2D eigenvalue weighted by Crippen LogP contribution is -2.25. The monoisotopic (exact) mass is 368 g/mol. The van der Waals surface area contributed by atoms with Gasteiger partial charge in [0.25, 0.3) is 10.0 Å². The molecule has 0 bridgehead atoms. The third-order valence-corrected chi connectivity index (χ3v) is 5.33. The summed E-state index contributed by atoms with van der Waals surface area (Å²) >= 11 is 5.66. The number of benzene rings is 2. The topological polar surface area (TPSA) is 66.5 Å². The summed E-state index contributed by atoms with van der Waals surface area (Å²) in [5.74, 6) is -1.01. The first-order chi connectivity index (χ1) is 11.4. The van der Waals surface area contributed by atoms with E-state index in [1.54, 1.807) is 18.2 Å². The van der Waals surface area contributed by atoms with Crippen molar-refractivity contribution in [3.8, 4) is 0 Å². The largest absolute Gasteiger partial charge is 0.310 e. The van der Waals surface area contributed by atoms with Crippen molar-refractivity contribution in [1.29, 1.82) is 0 Å². The fraction of sp³-hybridized carbons (Fsp3) is 0.188. The molecule has 3 rings (SSSR count). The molecule has 0 aliphatic carbocycles. The van der Waals surface area contributed by atoms with Crippen molar-refractivity contribution < 1.29 is 17.6 Å². The highest BCUT2D eigenvalue weighted by molar-refractivity contribution is 7.92. The molecule has 8 heteroatoms. The van der Waals surface area contributed by atoms with Crippen LogP contribution < -0.4 is 9.62 Å². The minimum Gasteiger partial charge on any atom is -0.310 e. The Morgan fingerprint density at radius 2 is 1.92 bits per heavy atom. The highest BCUT2D eigenvalue weighted by Gasteiger charge is 2.26. The maximum absolute atomic E-state index is 13.9. The second-order valence-corrected chi connectivity index (χ2v) is 7.43. The molecule has 0 saturated carbocycles. The molecule has 0 atom stereocenters. The van der Waals surface area contributed by atoms with E-state index in [-0.39, 0.29) is 16.6 Å². The summed E-state index contributed by atoms with van der Waals surface area (Å²) in [4.78, 5) is 12.9. The summed E-state index contributed by atoms with van der Waals surface area (Å²) in [6.45, 7) is 0.521. The number of anilines is 2. The number of nitrogens with zero attached hydrogens (tertiary/aromatic N) is 1. The quantitative estimate of drug-likeness (QED) is 0.899. The van der Waals surface area contributed by atoms with Crippen LogP contribution in [0.5, 0.6) is 0 Å². The van der Waals surface area contributed by atoms with E-state index >= 15 is 0 Å². The SMILES string of the molecule is O=C1CCCN1c1ccccc1NS(=O)(=O)c1ccc(Cl)cc1F. The van der Waals surface area contributed by atoms with Crippen LogP contribution in [0.1, 0.15) is 12.8 Å². The summed E-state index contributed by atoms with van der Waals surface area (Å²) in [5, 5.41) is 0.106. The third-order valence-electron chi connectivity index (χ3n) is 3.70. The molecule has 126 valence electrons. The Bertz CT molecular complexity index is 902. The molecule has 2 aromatic carbocycles. The van der Waals surface area contributed by atoms with Crippen molar-refractivity contribution in [3.63, 3.8) is 0 Å². The molecule has 1 saturated heterocycles. The Kier molecular flexibility index (Phi) is 4.47. The molecule has 1 fully saturated rings. The van der Waals surface area contributed by atoms with Gasteiger partial charge in [-0.1, -0.05) is 23.7 Å². The maximum Gasteiger partial charge on any atom is 0.264 e. The third kappa shape index (κ3) is 3.22. The minimum atomic E-state index is -4.15. The molecule has 24 heavy (non-hydrogen) atoms. The number of amides is 1. The number of carbonyl (C=O) groups excluding carboxylic acids is 1. The van der Waals surface area contributed by atoms with E-state index in [1.807, 2.05) is 0 Å². The van der Waals surface area contributed by atoms with Crippen molar-refractivity contribution in [1.82, 2.24) is 0 Å². The van der Waals surface area contributed by atoms with Gasteiger partial charge in [-0.25, -0.2) is 12.8 Å². The number of nitrogens with one attached hydrogen (secondary N) is 1. The van der Waals surface area contributed by atoms with Crippen molar-refractivity contribution >= 4 is 38.9 Å². The fourth-order valence-corrected chi connectivity index (χ4v) is 3.88. The molecular formula is C16H14ClFN2O3S. The van der Waals surface area contributed by atoms with Gasteiger partial charge in [-0.2, -0.15) is 0 Å². The van der Waals surface area contributed by atoms with Crippen LogP contribution in [0.2, 0.25) is 5.02 Å². The van der Waals surface area contributed by atoms with E-state index < -0.39 is 20.7 Å². The maximum atomic E-state index is 13.9. The summed E-state index contributed by atoms with van der Waals surface area (Å²) in [6, 6.07) is 9.87. The minimum absolute atomic E-state index is 0.0701. The Hall–Kier alpha value is -2.12. The van der Waals surface area contributed by atoms with Gasteiger partial charge in [0.2, 0.25) is 5.91 Å². The Morgan fingerprint density at radius 1 is 1.17 bits per heavy atom. The van der Waals surface area contributed by atoms with Crippen LogP contribution >= 0.6 is 11.6 Å². The number of hydrogen-bond acceptors (Lipinski definition) is 3. The zero-order valence-corrected chi connectivity index (χ0v) is 14.1. The van der Waals surface area contributed by atoms with Gasteiger partial charge in [0, 0.05) is 18.0 Å². The average molecular weight is 369 g/mol. The fourth-order valence-electron chi connectivity index (χ4n) is 2.59. The summed E-state index contributed by atoms with van der Waals surface area (Å²) < 4.78 is 41.3. The van der Waals surface area contributed by atoms with Crippen LogP contribution in [0.15, 0.2) is 47.4 Å². The number of halogens is 2. The highest BCUT2D eigenvalue weighted by atomic mass is 35.5. The molecule has 0 aromatic heterocycles. The second kappa shape index (κ2) is 6.41. The van der Waals surface area contributed by atoms with Gasteiger partial charge >= 0.3 is 0 Å². The van der Waals surface area contributed by atoms with Gasteiger partial charge in [0.1, 0.15) is 10.7 Å². The van der Waals surface area contributed by atoms with Crippen LogP contribution in [-0.2, 0) is 14.8 Å². The smallest absolute Gasteiger partial charge is 0.264 e. The van der Waals surface area contributed by atoms with Crippen molar-refractivity contribution in [2.75, 3.05) is 16.2 Å². The first-order valence-corrected chi connectivity index (χ1v) is 9.12. The first-order valence-electron chi connectivity index (χ1n) is 7.26. The molecule has 1 amide bonds. The lowest BCUT2D eigenvalue weighted by atomic mass is 10.2. The average Bonchev–Trinajstić information content (AvgIpc) is 2.93. The standard InChI is InChI=1S/C16H14ClFN2O3S/c17-11-7-8-15(12(18)10-11)24(22,23)19-13-4-1-2-5-14(13)20-9-3-6-16(20)21/h1-2,4-5,7-8,10,19H,3,6,9H2. The lowest BCUT2D eigenvalue weighted by Gasteiger charge is -2.20. The first kappa shape index (κ1) is 16.7. The Balaban J connectivity index is 1.97. The molecule has 0 unspecified atom stereocenters. The molecule has 1 aliphatic rings. The molecule has 0 radical (unpaired) electrons. The Labute approximate surface area is 144 Å². The van der Waals surface area contributed by atoms with Gasteiger partial charge in [-0.05, 0) is 36.8 Å². The van der Waals surface area contributed by atoms with E-state index in [1.165, 1.54) is 17.0 Å². The van der Waals surface area contributed by atoms with Crippen molar-refractivity contribution in [3.05, 3.63) is 53.3 Å². The van der Waals surface area contributed by atoms with E-state index in [9.17, 15) is 17.6 Å². The predicted octanol–water partition coefficient (Wildman–Crippen LogP) is 3.41. The van der Waals surface area contributed by atoms with Crippen LogP contribution in [0.4, 0.5) is 15.8 Å². The van der Waals surface area contributed by atoms with Crippen LogP contribution in [0, 0.1) is 5.82 Å².